The van der Waals surface area contributed by atoms with Crippen molar-refractivity contribution in [3.63, 3.8) is 0 Å². The molecule has 1 amide bonds. The third-order valence-electron chi connectivity index (χ3n) is 3.11. The van der Waals surface area contributed by atoms with Crippen LogP contribution in [0.15, 0.2) is 42.6 Å². The topological polar surface area (TPSA) is 60.1 Å². The first-order valence-corrected chi connectivity index (χ1v) is 6.44. The minimum Gasteiger partial charge on any atom is -0.366 e. The first kappa shape index (κ1) is 13.4. The highest BCUT2D eigenvalue weighted by atomic mass is 16.1. The molecule has 4 heteroatoms. The summed E-state index contributed by atoms with van der Waals surface area (Å²) in [6, 6.07) is 11.6. The van der Waals surface area contributed by atoms with E-state index in [9.17, 15) is 4.79 Å². The fourth-order valence-electron chi connectivity index (χ4n) is 2.09. The molecule has 0 aliphatic rings. The van der Waals surface area contributed by atoms with Crippen molar-refractivity contribution in [2.75, 3.05) is 0 Å². The summed E-state index contributed by atoms with van der Waals surface area (Å²) in [6.45, 7) is 4.62. The number of aromatic nitrogens is 1. The van der Waals surface area contributed by atoms with Gasteiger partial charge in [-0.25, -0.2) is 0 Å². The third-order valence-corrected chi connectivity index (χ3v) is 3.11. The Hall–Kier alpha value is -2.07. The molecule has 1 heterocycles. The van der Waals surface area contributed by atoms with E-state index in [2.05, 4.69) is 29.1 Å². The zero-order valence-corrected chi connectivity index (χ0v) is 11.1. The standard InChI is InChI=1S/C15H19N3O/c1-2-18-8-4-7-14(18)11-17-10-12-5-3-6-13(9-12)15(16)19/h3-9,17H,2,10-11H2,1H3,(H2,16,19). The highest BCUT2D eigenvalue weighted by Gasteiger charge is 2.02. The maximum atomic E-state index is 11.1. The fourth-order valence-corrected chi connectivity index (χ4v) is 2.09. The molecule has 0 unspecified atom stereocenters. The number of nitrogens with one attached hydrogen (secondary N) is 1. The molecule has 0 aliphatic carbocycles. The Balaban J connectivity index is 1.92. The van der Waals surface area contributed by atoms with Gasteiger partial charge in [-0.15, -0.1) is 0 Å². The van der Waals surface area contributed by atoms with Crippen LogP contribution >= 0.6 is 0 Å². The molecule has 0 saturated carbocycles. The highest BCUT2D eigenvalue weighted by molar-refractivity contribution is 5.92. The second-order valence-corrected chi connectivity index (χ2v) is 4.45. The Bertz CT molecular complexity index is 560. The summed E-state index contributed by atoms with van der Waals surface area (Å²) >= 11 is 0. The van der Waals surface area contributed by atoms with Crippen molar-refractivity contribution in [2.45, 2.75) is 26.6 Å². The van der Waals surface area contributed by atoms with Crippen LogP contribution in [0.1, 0.15) is 28.5 Å². The highest BCUT2D eigenvalue weighted by Crippen LogP contribution is 2.06. The number of rotatable bonds is 6. The Morgan fingerprint density at radius 3 is 2.84 bits per heavy atom. The second-order valence-electron chi connectivity index (χ2n) is 4.45. The van der Waals surface area contributed by atoms with Crippen molar-refractivity contribution in [3.8, 4) is 0 Å². The van der Waals surface area contributed by atoms with Gasteiger partial charge in [0.25, 0.3) is 0 Å². The van der Waals surface area contributed by atoms with Crippen LogP contribution in [0.2, 0.25) is 0 Å². The van der Waals surface area contributed by atoms with Crippen LogP contribution in [-0.4, -0.2) is 10.5 Å². The summed E-state index contributed by atoms with van der Waals surface area (Å²) in [7, 11) is 0. The van der Waals surface area contributed by atoms with Crippen molar-refractivity contribution in [1.29, 1.82) is 0 Å². The number of amides is 1. The maximum Gasteiger partial charge on any atom is 0.248 e. The third kappa shape index (κ3) is 3.45. The van der Waals surface area contributed by atoms with E-state index in [0.29, 0.717) is 5.56 Å². The summed E-state index contributed by atoms with van der Waals surface area (Å²) in [6.07, 6.45) is 2.07. The van der Waals surface area contributed by atoms with Crippen LogP contribution in [0.5, 0.6) is 0 Å². The van der Waals surface area contributed by atoms with Crippen molar-refractivity contribution in [1.82, 2.24) is 9.88 Å². The second kappa shape index (κ2) is 6.20. The first-order chi connectivity index (χ1) is 9.20. The lowest BCUT2D eigenvalue weighted by atomic mass is 10.1. The van der Waals surface area contributed by atoms with E-state index >= 15 is 0 Å². The van der Waals surface area contributed by atoms with Crippen LogP contribution < -0.4 is 11.1 Å². The van der Waals surface area contributed by atoms with Crippen LogP contribution in [0.3, 0.4) is 0 Å². The molecule has 19 heavy (non-hydrogen) atoms. The molecule has 2 rings (SSSR count). The van der Waals surface area contributed by atoms with E-state index in [-0.39, 0.29) is 5.91 Å². The summed E-state index contributed by atoms with van der Waals surface area (Å²) in [5.74, 6) is -0.387. The van der Waals surface area contributed by atoms with E-state index < -0.39 is 0 Å². The largest absolute Gasteiger partial charge is 0.366 e. The van der Waals surface area contributed by atoms with E-state index in [0.717, 1.165) is 25.2 Å². The van der Waals surface area contributed by atoms with Crippen LogP contribution in [0.4, 0.5) is 0 Å². The zero-order chi connectivity index (χ0) is 13.7. The molecular formula is C15H19N3O. The van der Waals surface area contributed by atoms with Gasteiger partial charge in [0.05, 0.1) is 0 Å². The molecule has 0 spiro atoms. The van der Waals surface area contributed by atoms with Crippen molar-refractivity contribution in [3.05, 3.63) is 59.4 Å². The van der Waals surface area contributed by atoms with Gasteiger partial charge in [0.1, 0.15) is 0 Å². The van der Waals surface area contributed by atoms with Gasteiger partial charge in [0, 0.05) is 37.1 Å². The number of carbonyl (C=O) groups excluding carboxylic acids is 1. The average Bonchev–Trinajstić information content (AvgIpc) is 2.86. The molecule has 0 saturated heterocycles. The number of hydrogen-bond acceptors (Lipinski definition) is 2. The SMILES string of the molecule is CCn1cccc1CNCc1cccc(C(N)=O)c1. The van der Waals surface area contributed by atoms with E-state index in [4.69, 9.17) is 5.73 Å². The van der Waals surface area contributed by atoms with Gasteiger partial charge >= 0.3 is 0 Å². The zero-order valence-electron chi connectivity index (χ0n) is 11.1. The molecular weight excluding hydrogens is 238 g/mol. The minimum atomic E-state index is -0.387. The number of hydrogen-bond donors (Lipinski definition) is 2. The van der Waals surface area contributed by atoms with Gasteiger partial charge in [-0.1, -0.05) is 12.1 Å². The Labute approximate surface area is 113 Å². The molecule has 1 aromatic heterocycles. The molecule has 2 aromatic rings. The lowest BCUT2D eigenvalue weighted by Crippen LogP contribution is -2.16. The van der Waals surface area contributed by atoms with Crippen LogP contribution in [0.25, 0.3) is 0 Å². The van der Waals surface area contributed by atoms with E-state index in [1.165, 1.54) is 5.69 Å². The Morgan fingerprint density at radius 1 is 1.26 bits per heavy atom. The van der Waals surface area contributed by atoms with Gasteiger partial charge in [0.2, 0.25) is 5.91 Å². The molecule has 0 fully saturated rings. The van der Waals surface area contributed by atoms with Gasteiger partial charge in [-0.05, 0) is 36.8 Å². The van der Waals surface area contributed by atoms with Gasteiger partial charge in [0.15, 0.2) is 0 Å². The molecule has 3 N–H and O–H groups in total. The van der Waals surface area contributed by atoms with Crippen molar-refractivity contribution >= 4 is 5.91 Å². The lowest BCUT2D eigenvalue weighted by Gasteiger charge is -2.08. The maximum absolute atomic E-state index is 11.1. The molecule has 0 bridgehead atoms. The normalized spacial score (nSPS) is 10.6. The molecule has 0 aliphatic heterocycles. The van der Waals surface area contributed by atoms with Gasteiger partial charge in [-0.3, -0.25) is 4.79 Å². The fraction of sp³-hybridized carbons (Fsp3) is 0.267. The predicted molar refractivity (Wildman–Crippen MR) is 75.6 cm³/mol. The quantitative estimate of drug-likeness (QED) is 0.830. The van der Waals surface area contributed by atoms with Gasteiger partial charge in [-0.2, -0.15) is 0 Å². The van der Waals surface area contributed by atoms with E-state index in [1.807, 2.05) is 24.3 Å². The summed E-state index contributed by atoms with van der Waals surface area (Å²) < 4.78 is 2.20. The molecule has 0 radical (unpaired) electrons. The molecule has 4 nitrogen and oxygen atoms in total. The number of benzene rings is 1. The molecule has 100 valence electrons. The number of nitrogens with two attached hydrogens (primary N) is 1. The lowest BCUT2D eigenvalue weighted by molar-refractivity contribution is 0.1000. The number of primary amides is 1. The average molecular weight is 257 g/mol. The Morgan fingerprint density at radius 2 is 2.11 bits per heavy atom. The molecule has 1 aromatic carbocycles. The monoisotopic (exact) mass is 257 g/mol. The smallest absolute Gasteiger partial charge is 0.248 e. The molecule has 0 atom stereocenters. The number of aryl methyl sites for hydroxylation is 1. The predicted octanol–water partition coefficient (Wildman–Crippen LogP) is 1.90. The Kier molecular flexibility index (Phi) is 4.36. The van der Waals surface area contributed by atoms with Crippen LogP contribution in [0, 0.1) is 0 Å². The van der Waals surface area contributed by atoms with E-state index in [1.54, 1.807) is 6.07 Å². The number of nitrogens with zero attached hydrogens (tertiary/aromatic N) is 1. The van der Waals surface area contributed by atoms with Crippen molar-refractivity contribution in [2.24, 2.45) is 5.73 Å². The van der Waals surface area contributed by atoms with Crippen LogP contribution in [-0.2, 0) is 19.6 Å². The van der Waals surface area contributed by atoms with Gasteiger partial charge < -0.3 is 15.6 Å². The first-order valence-electron chi connectivity index (χ1n) is 6.44. The summed E-state index contributed by atoms with van der Waals surface area (Å²) in [5.41, 5.74) is 8.13. The minimum absolute atomic E-state index is 0.387. The summed E-state index contributed by atoms with van der Waals surface area (Å²) in [4.78, 5) is 11.1. The number of carbonyl (C=O) groups is 1. The van der Waals surface area contributed by atoms with Crippen molar-refractivity contribution < 1.29 is 4.79 Å². The summed E-state index contributed by atoms with van der Waals surface area (Å²) in [5, 5.41) is 3.37.